The third-order valence-electron chi connectivity index (χ3n) is 4.80. The summed E-state index contributed by atoms with van der Waals surface area (Å²) in [6.45, 7) is 1.86. The Hall–Kier alpha value is -2.78. The maximum atomic E-state index is 14.5. The van der Waals surface area contributed by atoms with Gasteiger partial charge < -0.3 is 11.1 Å². The molecule has 1 atom stereocenters. The molecule has 0 saturated carbocycles. The number of carbonyl (C=O) groups is 1. The normalized spacial score (nSPS) is 18.9. The highest BCUT2D eigenvalue weighted by molar-refractivity contribution is 8.13. The summed E-state index contributed by atoms with van der Waals surface area (Å²) in [5, 5.41) is 9.13. The second-order valence-corrected chi connectivity index (χ2v) is 8.56. The smallest absolute Gasteiger partial charge is 0.255 e. The lowest BCUT2D eigenvalue weighted by atomic mass is 9.89. The molecule has 0 bridgehead atoms. The number of hydrogen-bond donors (Lipinski definition) is 2. The number of benzene rings is 2. The number of amidine groups is 1. The van der Waals surface area contributed by atoms with Crippen LogP contribution in [0, 0.1) is 5.82 Å². The van der Waals surface area contributed by atoms with Gasteiger partial charge in [0.1, 0.15) is 11.5 Å². The van der Waals surface area contributed by atoms with E-state index >= 15 is 0 Å². The molecule has 3 N–H and O–H groups in total. The average molecular weight is 428 g/mol. The van der Waals surface area contributed by atoms with Gasteiger partial charge in [-0.05, 0) is 55.2 Å². The fourth-order valence-electron chi connectivity index (χ4n) is 3.18. The number of nitrogens with zero attached hydrogens (tertiary/aromatic N) is 3. The Morgan fingerprint density at radius 1 is 1.24 bits per heavy atom. The predicted octanol–water partition coefficient (Wildman–Crippen LogP) is 4.26. The van der Waals surface area contributed by atoms with E-state index in [9.17, 15) is 9.18 Å². The summed E-state index contributed by atoms with van der Waals surface area (Å²) in [6.07, 6.45) is 0.666. The molecule has 0 aliphatic carbocycles. The van der Waals surface area contributed by atoms with Gasteiger partial charge in [0, 0.05) is 33.5 Å². The highest BCUT2D eigenvalue weighted by Crippen LogP contribution is 2.37. The Kier molecular flexibility index (Phi) is 5.33. The van der Waals surface area contributed by atoms with Crippen molar-refractivity contribution in [2.24, 2.45) is 10.7 Å². The summed E-state index contributed by atoms with van der Waals surface area (Å²) >= 11 is 2.73. The van der Waals surface area contributed by atoms with Crippen molar-refractivity contribution in [3.8, 4) is 11.3 Å². The van der Waals surface area contributed by atoms with Gasteiger partial charge >= 0.3 is 0 Å². The Morgan fingerprint density at radius 2 is 2.03 bits per heavy atom. The third-order valence-corrected chi connectivity index (χ3v) is 6.10. The number of thioether (sulfide) groups is 1. The van der Waals surface area contributed by atoms with Crippen LogP contribution in [0.15, 0.2) is 52.8 Å². The van der Waals surface area contributed by atoms with E-state index < -0.39 is 5.54 Å². The molecule has 1 aromatic heterocycles. The number of nitrogens with two attached hydrogens (primary N) is 1. The summed E-state index contributed by atoms with van der Waals surface area (Å²) in [6, 6.07) is 11.6. The highest BCUT2D eigenvalue weighted by atomic mass is 32.2. The number of nitrogens with one attached hydrogen (secondary N) is 1. The molecule has 1 aliphatic heterocycles. The van der Waals surface area contributed by atoms with Crippen LogP contribution in [0.5, 0.6) is 0 Å². The van der Waals surface area contributed by atoms with Crippen molar-refractivity contribution in [3.63, 3.8) is 0 Å². The van der Waals surface area contributed by atoms with Crippen LogP contribution >= 0.6 is 23.3 Å². The summed E-state index contributed by atoms with van der Waals surface area (Å²) in [4.78, 5) is 17.1. The second kappa shape index (κ2) is 7.92. The molecule has 2 aromatic carbocycles. The van der Waals surface area contributed by atoms with Crippen LogP contribution in [0.3, 0.4) is 0 Å². The van der Waals surface area contributed by atoms with Gasteiger partial charge in [-0.1, -0.05) is 28.4 Å². The third kappa shape index (κ3) is 4.15. The van der Waals surface area contributed by atoms with Crippen LogP contribution < -0.4 is 11.1 Å². The minimum Gasteiger partial charge on any atom is -0.379 e. The number of hydrogen-bond acceptors (Lipinski definition) is 7. The van der Waals surface area contributed by atoms with E-state index in [1.165, 1.54) is 29.4 Å². The molecule has 1 amide bonds. The zero-order chi connectivity index (χ0) is 20.4. The Morgan fingerprint density at radius 3 is 2.72 bits per heavy atom. The predicted molar refractivity (Wildman–Crippen MR) is 116 cm³/mol. The molecule has 3 aromatic rings. The van der Waals surface area contributed by atoms with Crippen LogP contribution in [-0.2, 0) is 5.54 Å². The number of carbonyl (C=O) groups excluding carboxylic acids is 1. The molecule has 0 spiro atoms. The van der Waals surface area contributed by atoms with Crippen molar-refractivity contribution in [2.75, 3.05) is 11.1 Å². The van der Waals surface area contributed by atoms with E-state index in [0.29, 0.717) is 28.4 Å². The van der Waals surface area contributed by atoms with Crippen molar-refractivity contribution in [2.45, 2.75) is 18.9 Å². The molecule has 6 nitrogen and oxygen atoms in total. The number of anilines is 1. The summed E-state index contributed by atoms with van der Waals surface area (Å²) in [5.41, 5.74) is 8.18. The van der Waals surface area contributed by atoms with Crippen molar-refractivity contribution < 1.29 is 9.18 Å². The molecule has 1 aliphatic rings. The van der Waals surface area contributed by atoms with E-state index in [1.54, 1.807) is 24.3 Å². The minimum absolute atomic E-state index is 0.280. The molecule has 0 saturated heterocycles. The van der Waals surface area contributed by atoms with Crippen molar-refractivity contribution in [3.05, 3.63) is 64.8 Å². The lowest BCUT2D eigenvalue weighted by Crippen LogP contribution is -2.29. The van der Waals surface area contributed by atoms with E-state index in [-0.39, 0.29) is 11.7 Å². The van der Waals surface area contributed by atoms with Gasteiger partial charge in [0.15, 0.2) is 5.17 Å². The lowest BCUT2D eigenvalue weighted by molar-refractivity contribution is 0.102. The molecule has 2 heterocycles. The minimum atomic E-state index is -0.747. The Bertz CT molecular complexity index is 1070. The number of halogens is 1. The van der Waals surface area contributed by atoms with Gasteiger partial charge in [0.25, 0.3) is 5.91 Å². The van der Waals surface area contributed by atoms with E-state index in [2.05, 4.69) is 19.9 Å². The van der Waals surface area contributed by atoms with E-state index in [0.717, 1.165) is 17.0 Å². The molecule has 1 unspecified atom stereocenters. The zero-order valence-corrected chi connectivity index (χ0v) is 17.2. The van der Waals surface area contributed by atoms with E-state index in [4.69, 9.17) is 5.73 Å². The number of rotatable bonds is 4. The summed E-state index contributed by atoms with van der Waals surface area (Å²) < 4.78 is 18.4. The number of amides is 1. The number of aromatic nitrogens is 2. The van der Waals surface area contributed by atoms with Crippen LogP contribution in [0.4, 0.5) is 10.1 Å². The molecular weight excluding hydrogens is 409 g/mol. The molecular formula is C20H18FN5OS2. The van der Waals surface area contributed by atoms with Gasteiger partial charge in [-0.15, -0.1) is 5.10 Å². The fraction of sp³-hybridized carbons (Fsp3) is 0.200. The van der Waals surface area contributed by atoms with Crippen molar-refractivity contribution in [1.29, 1.82) is 0 Å². The first-order valence-corrected chi connectivity index (χ1v) is 10.7. The van der Waals surface area contributed by atoms with Crippen LogP contribution in [0.25, 0.3) is 11.3 Å². The largest absolute Gasteiger partial charge is 0.379 e. The Labute approximate surface area is 175 Å². The maximum Gasteiger partial charge on any atom is 0.255 e. The molecule has 29 heavy (non-hydrogen) atoms. The van der Waals surface area contributed by atoms with Crippen LogP contribution in [0.1, 0.15) is 29.3 Å². The monoisotopic (exact) mass is 427 g/mol. The first kappa shape index (κ1) is 19.5. The standard InChI is InChI=1S/C20H18FN5OS2/c1-20(8-9-28-19(22)24-20)15-10-14(6-7-16(15)21)23-18(27)13-4-2-12(3-5-13)17-11-29-26-25-17/h2-7,10-11H,8-9H2,1H3,(H2,22,24)(H,23,27). The SMILES string of the molecule is CC1(c2cc(NC(=O)c3ccc(-c4csnn4)cc3)ccc2F)CCSC(N)=N1. The molecule has 148 valence electrons. The quantitative estimate of drug-likeness (QED) is 0.649. The van der Waals surface area contributed by atoms with Crippen LogP contribution in [0.2, 0.25) is 0 Å². The van der Waals surface area contributed by atoms with Crippen molar-refractivity contribution in [1.82, 2.24) is 9.59 Å². The topological polar surface area (TPSA) is 93.3 Å². The highest BCUT2D eigenvalue weighted by Gasteiger charge is 2.32. The number of aliphatic imine (C=N–C) groups is 1. The maximum absolute atomic E-state index is 14.5. The summed E-state index contributed by atoms with van der Waals surface area (Å²) in [7, 11) is 0. The molecule has 9 heteroatoms. The molecule has 0 radical (unpaired) electrons. The zero-order valence-electron chi connectivity index (χ0n) is 15.6. The van der Waals surface area contributed by atoms with E-state index in [1.807, 2.05) is 24.4 Å². The molecule has 0 fully saturated rings. The second-order valence-electron chi connectivity index (χ2n) is 6.84. The first-order chi connectivity index (χ1) is 13.9. The first-order valence-electron chi connectivity index (χ1n) is 8.92. The average Bonchev–Trinajstić information content (AvgIpc) is 3.24. The van der Waals surface area contributed by atoms with Gasteiger partial charge in [0.05, 0.1) is 5.54 Å². The van der Waals surface area contributed by atoms with Gasteiger partial charge in [-0.2, -0.15) is 0 Å². The van der Waals surface area contributed by atoms with Crippen LogP contribution in [-0.4, -0.2) is 26.4 Å². The van der Waals surface area contributed by atoms with Gasteiger partial charge in [-0.3, -0.25) is 9.79 Å². The fourth-order valence-corrected chi connectivity index (χ4v) is 4.62. The van der Waals surface area contributed by atoms with Crippen molar-refractivity contribution >= 4 is 40.1 Å². The lowest BCUT2D eigenvalue weighted by Gasteiger charge is -2.30. The molecule has 4 rings (SSSR count). The summed E-state index contributed by atoms with van der Waals surface area (Å²) in [5.74, 6) is 0.121. The Balaban J connectivity index is 1.55. The van der Waals surface area contributed by atoms with Gasteiger partial charge in [-0.25, -0.2) is 4.39 Å². The van der Waals surface area contributed by atoms with Gasteiger partial charge in [0.2, 0.25) is 0 Å².